The topological polar surface area (TPSA) is 73.6 Å². The number of methoxy groups -OCH3 is 2. The van der Waals surface area contributed by atoms with Gasteiger partial charge in [-0.1, -0.05) is 0 Å². The maximum Gasteiger partial charge on any atom is 0.240 e. The standard InChI is InChI=1S/C16H24N2O3/c1-10(18-15(19)16(2,17)11-5-6-11)13-8-7-12(20-3)9-14(13)21-4/h7-11H,5-6,17H2,1-4H3,(H,18,19). The van der Waals surface area contributed by atoms with Gasteiger partial charge in [0, 0.05) is 11.6 Å². The zero-order chi connectivity index (χ0) is 15.6. The van der Waals surface area contributed by atoms with Crippen LogP contribution in [0.5, 0.6) is 11.5 Å². The monoisotopic (exact) mass is 292 g/mol. The van der Waals surface area contributed by atoms with E-state index >= 15 is 0 Å². The van der Waals surface area contributed by atoms with Gasteiger partial charge in [-0.2, -0.15) is 0 Å². The van der Waals surface area contributed by atoms with Crippen molar-refractivity contribution in [3.63, 3.8) is 0 Å². The average Bonchev–Trinajstić information content (AvgIpc) is 3.31. The number of nitrogens with one attached hydrogen (secondary N) is 1. The normalized spacial score (nSPS) is 18.5. The first-order chi connectivity index (χ1) is 9.90. The lowest BCUT2D eigenvalue weighted by Crippen LogP contribution is -2.53. The minimum absolute atomic E-state index is 0.115. The van der Waals surface area contributed by atoms with Crippen LogP contribution in [0.3, 0.4) is 0 Å². The van der Waals surface area contributed by atoms with E-state index in [0.29, 0.717) is 11.7 Å². The molecule has 0 aliphatic heterocycles. The summed E-state index contributed by atoms with van der Waals surface area (Å²) in [7, 11) is 3.21. The first-order valence-corrected chi connectivity index (χ1v) is 7.22. The van der Waals surface area contributed by atoms with E-state index in [0.717, 1.165) is 24.2 Å². The van der Waals surface area contributed by atoms with E-state index in [-0.39, 0.29) is 11.9 Å². The van der Waals surface area contributed by atoms with Crippen molar-refractivity contribution in [2.45, 2.75) is 38.3 Å². The number of hydrogen-bond acceptors (Lipinski definition) is 4. The van der Waals surface area contributed by atoms with Crippen molar-refractivity contribution in [1.82, 2.24) is 5.32 Å². The Kier molecular flexibility index (Phi) is 4.42. The first-order valence-electron chi connectivity index (χ1n) is 7.22. The molecule has 2 rings (SSSR count). The zero-order valence-corrected chi connectivity index (χ0v) is 13.1. The maximum absolute atomic E-state index is 12.4. The maximum atomic E-state index is 12.4. The summed E-state index contributed by atoms with van der Waals surface area (Å²) >= 11 is 0. The van der Waals surface area contributed by atoms with Gasteiger partial charge in [-0.3, -0.25) is 4.79 Å². The molecule has 1 aromatic carbocycles. The molecule has 0 radical (unpaired) electrons. The predicted octanol–water partition coefficient (Wildman–Crippen LogP) is 2.01. The molecule has 1 saturated carbocycles. The summed E-state index contributed by atoms with van der Waals surface area (Å²) < 4.78 is 10.6. The quantitative estimate of drug-likeness (QED) is 0.841. The van der Waals surface area contributed by atoms with Gasteiger partial charge in [-0.25, -0.2) is 0 Å². The molecule has 0 aromatic heterocycles. The summed E-state index contributed by atoms with van der Waals surface area (Å²) in [6, 6.07) is 5.37. The Morgan fingerprint density at radius 1 is 1.38 bits per heavy atom. The minimum atomic E-state index is -0.798. The third kappa shape index (κ3) is 3.29. The van der Waals surface area contributed by atoms with Crippen molar-refractivity contribution < 1.29 is 14.3 Å². The molecule has 0 bridgehead atoms. The number of amides is 1. The Bertz CT molecular complexity index is 524. The van der Waals surface area contributed by atoms with Gasteiger partial charge in [0.15, 0.2) is 0 Å². The molecule has 116 valence electrons. The lowest BCUT2D eigenvalue weighted by Gasteiger charge is -2.26. The van der Waals surface area contributed by atoms with E-state index in [1.54, 1.807) is 27.2 Å². The predicted molar refractivity (Wildman–Crippen MR) is 81.4 cm³/mol. The highest BCUT2D eigenvalue weighted by Crippen LogP contribution is 2.38. The fourth-order valence-electron chi connectivity index (χ4n) is 2.47. The van der Waals surface area contributed by atoms with Crippen LogP contribution >= 0.6 is 0 Å². The van der Waals surface area contributed by atoms with Crippen LogP contribution in [0.4, 0.5) is 0 Å². The first kappa shape index (κ1) is 15.6. The zero-order valence-electron chi connectivity index (χ0n) is 13.1. The molecule has 5 heteroatoms. The second kappa shape index (κ2) is 5.93. The van der Waals surface area contributed by atoms with Gasteiger partial charge in [0.25, 0.3) is 0 Å². The summed E-state index contributed by atoms with van der Waals surface area (Å²) in [6.45, 7) is 3.73. The Hall–Kier alpha value is -1.75. The van der Waals surface area contributed by atoms with Crippen LogP contribution in [0.25, 0.3) is 0 Å². The molecule has 1 aliphatic rings. The van der Waals surface area contributed by atoms with E-state index in [1.165, 1.54) is 0 Å². The summed E-state index contributed by atoms with van der Waals surface area (Å²) in [4.78, 5) is 12.4. The molecule has 5 nitrogen and oxygen atoms in total. The van der Waals surface area contributed by atoms with Gasteiger partial charge in [-0.15, -0.1) is 0 Å². The summed E-state index contributed by atoms with van der Waals surface area (Å²) in [5.74, 6) is 1.58. The van der Waals surface area contributed by atoms with Crippen LogP contribution in [0.1, 0.15) is 38.3 Å². The smallest absolute Gasteiger partial charge is 0.240 e. The molecule has 1 fully saturated rings. The fraction of sp³-hybridized carbons (Fsp3) is 0.562. The molecule has 1 aromatic rings. The second-order valence-corrected chi connectivity index (χ2v) is 5.86. The van der Waals surface area contributed by atoms with Crippen LogP contribution in [0.15, 0.2) is 18.2 Å². The van der Waals surface area contributed by atoms with E-state index in [4.69, 9.17) is 15.2 Å². The number of hydrogen-bond donors (Lipinski definition) is 2. The number of benzene rings is 1. The van der Waals surface area contributed by atoms with Crippen LogP contribution in [-0.4, -0.2) is 25.7 Å². The van der Waals surface area contributed by atoms with E-state index in [1.807, 2.05) is 19.1 Å². The largest absolute Gasteiger partial charge is 0.497 e. The number of nitrogens with two attached hydrogens (primary N) is 1. The molecule has 3 N–H and O–H groups in total. The van der Waals surface area contributed by atoms with Crippen LogP contribution in [0, 0.1) is 5.92 Å². The SMILES string of the molecule is COc1ccc(C(C)NC(=O)C(C)(N)C2CC2)c(OC)c1. The Morgan fingerprint density at radius 2 is 2.05 bits per heavy atom. The van der Waals surface area contributed by atoms with Gasteiger partial charge in [0.05, 0.1) is 25.8 Å². The number of carbonyl (C=O) groups excluding carboxylic acids is 1. The molecule has 1 amide bonds. The van der Waals surface area contributed by atoms with Gasteiger partial charge < -0.3 is 20.5 Å². The minimum Gasteiger partial charge on any atom is -0.497 e. The van der Waals surface area contributed by atoms with Crippen molar-refractivity contribution in [3.8, 4) is 11.5 Å². The number of carbonyl (C=O) groups is 1. The highest BCUT2D eigenvalue weighted by molar-refractivity contribution is 5.86. The van der Waals surface area contributed by atoms with E-state index < -0.39 is 5.54 Å². The fourth-order valence-corrected chi connectivity index (χ4v) is 2.47. The second-order valence-electron chi connectivity index (χ2n) is 5.86. The molecule has 2 unspecified atom stereocenters. The summed E-state index contributed by atoms with van der Waals surface area (Å²) in [6.07, 6.45) is 2.06. The van der Waals surface area contributed by atoms with Gasteiger partial charge in [0.2, 0.25) is 5.91 Å². The Labute approximate surface area is 125 Å². The third-order valence-electron chi connectivity index (χ3n) is 4.17. The van der Waals surface area contributed by atoms with Gasteiger partial charge >= 0.3 is 0 Å². The third-order valence-corrected chi connectivity index (χ3v) is 4.17. The van der Waals surface area contributed by atoms with Crippen molar-refractivity contribution in [2.24, 2.45) is 11.7 Å². The molecule has 0 spiro atoms. The van der Waals surface area contributed by atoms with Crippen molar-refractivity contribution in [1.29, 1.82) is 0 Å². The van der Waals surface area contributed by atoms with Crippen LogP contribution in [-0.2, 0) is 4.79 Å². The van der Waals surface area contributed by atoms with Crippen molar-refractivity contribution in [3.05, 3.63) is 23.8 Å². The highest BCUT2D eigenvalue weighted by Gasteiger charge is 2.44. The molecule has 1 aliphatic carbocycles. The number of rotatable bonds is 6. The Morgan fingerprint density at radius 3 is 2.57 bits per heavy atom. The highest BCUT2D eigenvalue weighted by atomic mass is 16.5. The lowest BCUT2D eigenvalue weighted by molar-refractivity contribution is -0.127. The molecular weight excluding hydrogens is 268 g/mol. The van der Waals surface area contributed by atoms with Crippen LogP contribution in [0.2, 0.25) is 0 Å². The molecule has 21 heavy (non-hydrogen) atoms. The number of ether oxygens (including phenoxy) is 2. The van der Waals surface area contributed by atoms with E-state index in [9.17, 15) is 4.79 Å². The lowest BCUT2D eigenvalue weighted by atomic mass is 9.95. The Balaban J connectivity index is 2.12. The summed E-state index contributed by atoms with van der Waals surface area (Å²) in [5.41, 5.74) is 6.25. The molecule has 0 heterocycles. The van der Waals surface area contributed by atoms with Gasteiger partial charge in [0.1, 0.15) is 11.5 Å². The average molecular weight is 292 g/mol. The molecular formula is C16H24N2O3. The van der Waals surface area contributed by atoms with Gasteiger partial charge in [-0.05, 0) is 44.7 Å². The molecule has 2 atom stereocenters. The molecule has 0 saturated heterocycles. The summed E-state index contributed by atoms with van der Waals surface area (Å²) in [5, 5.41) is 2.99. The van der Waals surface area contributed by atoms with E-state index in [2.05, 4.69) is 5.32 Å². The van der Waals surface area contributed by atoms with Crippen LogP contribution < -0.4 is 20.5 Å². The van der Waals surface area contributed by atoms with Crippen molar-refractivity contribution in [2.75, 3.05) is 14.2 Å². The van der Waals surface area contributed by atoms with Crippen molar-refractivity contribution >= 4 is 5.91 Å².